The monoisotopic (exact) mass is 429 g/mol. The zero-order valence-electron chi connectivity index (χ0n) is 16.9. The van der Waals surface area contributed by atoms with Gasteiger partial charge in [-0.25, -0.2) is 13.2 Å². The first-order valence-electron chi connectivity index (χ1n) is 9.48. The van der Waals surface area contributed by atoms with Crippen molar-refractivity contribution in [3.8, 4) is 0 Å². The molecule has 30 heavy (non-hydrogen) atoms. The minimum absolute atomic E-state index is 0.0759. The van der Waals surface area contributed by atoms with Gasteiger partial charge < -0.3 is 10.1 Å². The second-order valence-corrected chi connectivity index (χ2v) is 8.52. The molecule has 0 saturated carbocycles. The highest BCUT2D eigenvalue weighted by Crippen LogP contribution is 2.23. The fourth-order valence-corrected chi connectivity index (χ4v) is 4.35. The molecule has 9 heteroatoms. The lowest BCUT2D eigenvalue weighted by Gasteiger charge is -2.13. The van der Waals surface area contributed by atoms with Crippen molar-refractivity contribution in [2.75, 3.05) is 11.9 Å². The van der Waals surface area contributed by atoms with Crippen LogP contribution in [0.25, 0.3) is 0 Å². The van der Waals surface area contributed by atoms with Gasteiger partial charge in [0.2, 0.25) is 0 Å². The van der Waals surface area contributed by atoms with E-state index in [1.807, 2.05) is 32.0 Å². The van der Waals surface area contributed by atoms with Gasteiger partial charge in [-0.05, 0) is 43.5 Å². The number of para-hydroxylation sites is 1. The van der Waals surface area contributed by atoms with E-state index in [9.17, 15) is 18.0 Å². The smallest absolute Gasteiger partial charge is 0.331 e. The molecule has 1 heterocycles. The predicted molar refractivity (Wildman–Crippen MR) is 113 cm³/mol. The normalized spacial score (nSPS) is 16.4. The number of carbonyl (C=O) groups is 2. The standard InChI is InChI=1S/C21H23N3O5S/c1-4-15-9-7-8-13(2)19(15)23-18(25)12-29-21(26)14(3)22-20-16-10-5-6-11-17(16)30(27,28)24-20/h5-11,14H,4,12H2,1-3H3,(H,22,24)(H,23,25)/t14-/m0/s1. The summed E-state index contributed by atoms with van der Waals surface area (Å²) in [7, 11) is -3.69. The van der Waals surface area contributed by atoms with Crippen LogP contribution in [0.5, 0.6) is 0 Å². The van der Waals surface area contributed by atoms with Gasteiger partial charge in [-0.15, -0.1) is 0 Å². The van der Waals surface area contributed by atoms with Gasteiger partial charge >= 0.3 is 5.97 Å². The number of amidine groups is 1. The Balaban J connectivity index is 1.63. The summed E-state index contributed by atoms with van der Waals surface area (Å²) in [5.74, 6) is -1.12. The summed E-state index contributed by atoms with van der Waals surface area (Å²) in [4.78, 5) is 28.7. The lowest BCUT2D eigenvalue weighted by molar-refractivity contribution is -0.148. The molecule has 1 aliphatic heterocycles. The van der Waals surface area contributed by atoms with Gasteiger partial charge in [0.05, 0.1) is 4.90 Å². The van der Waals surface area contributed by atoms with E-state index < -0.39 is 34.5 Å². The minimum Gasteiger partial charge on any atom is -0.454 e. The van der Waals surface area contributed by atoms with Gasteiger partial charge in [-0.1, -0.05) is 37.3 Å². The highest BCUT2D eigenvalue weighted by atomic mass is 32.2. The van der Waals surface area contributed by atoms with Crippen LogP contribution in [0, 0.1) is 6.92 Å². The number of aryl methyl sites for hydroxylation is 2. The molecule has 0 saturated heterocycles. The maximum atomic E-state index is 12.3. The molecule has 0 fully saturated rings. The molecule has 0 radical (unpaired) electrons. The van der Waals surface area contributed by atoms with Crippen molar-refractivity contribution in [3.63, 3.8) is 0 Å². The Kier molecular flexibility index (Phi) is 6.21. The molecule has 1 atom stereocenters. The van der Waals surface area contributed by atoms with Crippen LogP contribution in [0.4, 0.5) is 5.69 Å². The number of hydrogen-bond acceptors (Lipinski definition) is 6. The van der Waals surface area contributed by atoms with Crippen LogP contribution in [-0.4, -0.2) is 38.8 Å². The maximum Gasteiger partial charge on any atom is 0.331 e. The van der Waals surface area contributed by atoms with Crippen LogP contribution in [-0.2, 0) is 30.8 Å². The molecule has 0 unspecified atom stereocenters. The van der Waals surface area contributed by atoms with Gasteiger partial charge in [0.1, 0.15) is 11.9 Å². The molecular weight excluding hydrogens is 406 g/mol. The van der Waals surface area contributed by atoms with Gasteiger partial charge in [-0.2, -0.15) is 0 Å². The van der Waals surface area contributed by atoms with E-state index in [1.165, 1.54) is 13.0 Å². The topological polar surface area (TPSA) is 114 Å². The zero-order chi connectivity index (χ0) is 21.9. The van der Waals surface area contributed by atoms with E-state index in [-0.39, 0.29) is 10.7 Å². The van der Waals surface area contributed by atoms with Crippen LogP contribution < -0.4 is 10.0 Å². The lowest BCUT2D eigenvalue weighted by Crippen LogP contribution is -2.29. The molecular formula is C21H23N3O5S. The Labute approximate surface area is 175 Å². The minimum atomic E-state index is -3.69. The molecule has 2 N–H and O–H groups in total. The van der Waals surface area contributed by atoms with Crippen molar-refractivity contribution < 1.29 is 22.7 Å². The molecule has 2 aromatic carbocycles. The lowest BCUT2D eigenvalue weighted by atomic mass is 10.1. The van der Waals surface area contributed by atoms with Crippen LogP contribution >= 0.6 is 0 Å². The summed E-state index contributed by atoms with van der Waals surface area (Å²) in [6.45, 7) is 4.88. The molecule has 1 amide bonds. The number of esters is 1. The summed E-state index contributed by atoms with van der Waals surface area (Å²) < 4.78 is 31.6. The van der Waals surface area contributed by atoms with Gasteiger partial charge in [-0.3, -0.25) is 14.5 Å². The van der Waals surface area contributed by atoms with Gasteiger partial charge in [0.25, 0.3) is 15.9 Å². The van der Waals surface area contributed by atoms with Crippen molar-refractivity contribution in [1.29, 1.82) is 0 Å². The van der Waals surface area contributed by atoms with Crippen LogP contribution in [0.2, 0.25) is 0 Å². The first-order chi connectivity index (χ1) is 14.2. The third-order valence-electron chi connectivity index (χ3n) is 4.68. The summed E-state index contributed by atoms with van der Waals surface area (Å²) in [6.07, 6.45) is 0.753. The first-order valence-corrected chi connectivity index (χ1v) is 11.0. The SMILES string of the molecule is CCc1cccc(C)c1NC(=O)COC(=O)[C@H](C)N=C1NS(=O)(=O)c2ccccc21. The Morgan fingerprint density at radius 1 is 1.17 bits per heavy atom. The Hall–Kier alpha value is -3.20. The van der Waals surface area contributed by atoms with E-state index in [0.717, 1.165) is 17.5 Å². The first kappa shape index (κ1) is 21.5. The molecule has 0 bridgehead atoms. The second-order valence-electron chi connectivity index (χ2n) is 6.87. The number of carbonyl (C=O) groups excluding carboxylic acids is 2. The largest absolute Gasteiger partial charge is 0.454 e. The Morgan fingerprint density at radius 3 is 2.63 bits per heavy atom. The average Bonchev–Trinajstić information content (AvgIpc) is 2.97. The van der Waals surface area contributed by atoms with Crippen molar-refractivity contribution in [2.45, 2.75) is 38.1 Å². The third-order valence-corrected chi connectivity index (χ3v) is 6.07. The van der Waals surface area contributed by atoms with E-state index in [1.54, 1.807) is 18.2 Å². The van der Waals surface area contributed by atoms with E-state index in [4.69, 9.17) is 4.74 Å². The third kappa shape index (κ3) is 4.51. The number of ether oxygens (including phenoxy) is 1. The molecule has 3 rings (SSSR count). The van der Waals surface area contributed by atoms with E-state index in [2.05, 4.69) is 15.0 Å². The van der Waals surface area contributed by atoms with Crippen molar-refractivity contribution >= 4 is 33.4 Å². The zero-order valence-corrected chi connectivity index (χ0v) is 17.7. The molecule has 0 spiro atoms. The highest BCUT2D eigenvalue weighted by molar-refractivity contribution is 7.90. The number of fused-ring (bicyclic) bond motifs is 1. The number of rotatable bonds is 6. The van der Waals surface area contributed by atoms with Crippen LogP contribution in [0.3, 0.4) is 0 Å². The van der Waals surface area contributed by atoms with Crippen molar-refractivity contribution in [1.82, 2.24) is 4.72 Å². The van der Waals surface area contributed by atoms with Crippen LogP contribution in [0.15, 0.2) is 52.4 Å². The fourth-order valence-electron chi connectivity index (χ4n) is 3.11. The number of anilines is 1. The summed E-state index contributed by atoms with van der Waals surface area (Å²) >= 11 is 0. The van der Waals surface area contributed by atoms with Crippen molar-refractivity contribution in [2.24, 2.45) is 4.99 Å². The summed E-state index contributed by atoms with van der Waals surface area (Å²) in [5.41, 5.74) is 3.01. The molecule has 1 aliphatic rings. The van der Waals surface area contributed by atoms with Gasteiger partial charge in [0, 0.05) is 11.3 Å². The second kappa shape index (κ2) is 8.66. The molecule has 0 aliphatic carbocycles. The maximum absolute atomic E-state index is 12.3. The molecule has 158 valence electrons. The fraction of sp³-hybridized carbons (Fsp3) is 0.286. The summed E-state index contributed by atoms with van der Waals surface area (Å²) in [5, 5.41) is 2.78. The van der Waals surface area contributed by atoms with Crippen molar-refractivity contribution in [3.05, 3.63) is 59.2 Å². The van der Waals surface area contributed by atoms with Crippen LogP contribution in [0.1, 0.15) is 30.5 Å². The number of sulfonamides is 1. The Morgan fingerprint density at radius 2 is 1.90 bits per heavy atom. The number of benzene rings is 2. The predicted octanol–water partition coefficient (Wildman–Crippen LogP) is 2.17. The van der Waals surface area contributed by atoms with E-state index in [0.29, 0.717) is 11.3 Å². The van der Waals surface area contributed by atoms with E-state index >= 15 is 0 Å². The number of nitrogens with one attached hydrogen (secondary N) is 2. The van der Waals surface area contributed by atoms with Gasteiger partial charge in [0.15, 0.2) is 6.61 Å². The average molecular weight is 429 g/mol. The highest BCUT2D eigenvalue weighted by Gasteiger charge is 2.31. The summed E-state index contributed by atoms with van der Waals surface area (Å²) in [6, 6.07) is 11.1. The Bertz CT molecular complexity index is 1130. The number of amides is 1. The number of nitrogens with zero attached hydrogens (tertiary/aromatic N) is 1. The molecule has 2 aromatic rings. The number of hydrogen-bond donors (Lipinski definition) is 2. The number of aliphatic imine (C=N–C) groups is 1. The molecule has 0 aromatic heterocycles. The quantitative estimate of drug-likeness (QED) is 0.683. The molecule has 8 nitrogen and oxygen atoms in total.